The fourth-order valence-corrected chi connectivity index (χ4v) is 3.73. The Balaban J connectivity index is 2.08. The minimum Gasteiger partial charge on any atom is -0.296 e. The zero-order valence-corrected chi connectivity index (χ0v) is 12.6. The number of hydrogen-bond acceptors (Lipinski definition) is 4. The van der Waals surface area contributed by atoms with Gasteiger partial charge in [-0.3, -0.25) is 4.84 Å². The number of hydrogen-bond donors (Lipinski definition) is 1. The largest absolute Gasteiger partial charge is 0.296 e. The fraction of sp³-hybridized carbons (Fsp3) is 0.462. The molecule has 0 bridgehead atoms. The van der Waals surface area contributed by atoms with E-state index in [0.29, 0.717) is 11.3 Å². The maximum Gasteiger partial charge on any atom is 0.129 e. The third kappa shape index (κ3) is 3.29. The molecule has 1 aromatic rings. The minimum atomic E-state index is -0.548. The van der Waals surface area contributed by atoms with Crippen molar-refractivity contribution in [1.29, 1.82) is 5.26 Å². The van der Waals surface area contributed by atoms with Gasteiger partial charge < -0.3 is 0 Å². The van der Waals surface area contributed by atoms with E-state index in [-0.39, 0.29) is 10.6 Å². The first-order valence-electron chi connectivity index (χ1n) is 5.96. The lowest BCUT2D eigenvalue weighted by molar-refractivity contribution is 0.0670. The van der Waals surface area contributed by atoms with E-state index < -0.39 is 6.10 Å². The van der Waals surface area contributed by atoms with E-state index in [1.807, 2.05) is 0 Å². The highest BCUT2D eigenvalue weighted by atomic mass is 79.9. The van der Waals surface area contributed by atoms with Crippen molar-refractivity contribution < 1.29 is 9.23 Å². The number of thioether (sulfide) groups is 1. The van der Waals surface area contributed by atoms with Gasteiger partial charge in [-0.25, -0.2) is 10.3 Å². The maximum atomic E-state index is 13.8. The van der Waals surface area contributed by atoms with Crippen LogP contribution in [0.15, 0.2) is 22.7 Å². The third-order valence-electron chi connectivity index (χ3n) is 3.35. The normalized spacial score (nSPS) is 18.4. The molecule has 0 amide bonds. The van der Waals surface area contributed by atoms with Gasteiger partial charge in [-0.2, -0.15) is 5.26 Å². The van der Waals surface area contributed by atoms with E-state index in [4.69, 9.17) is 16.0 Å². The molecule has 6 heteroatoms. The summed E-state index contributed by atoms with van der Waals surface area (Å²) in [7, 11) is 0. The smallest absolute Gasteiger partial charge is 0.129 e. The van der Waals surface area contributed by atoms with Gasteiger partial charge in [-0.15, -0.1) is 11.8 Å². The molecule has 0 aliphatic heterocycles. The number of halogens is 2. The van der Waals surface area contributed by atoms with Crippen LogP contribution in [0.25, 0.3) is 0 Å². The summed E-state index contributed by atoms with van der Waals surface area (Å²) in [6.45, 7) is 0. The minimum absolute atomic E-state index is 0.334. The van der Waals surface area contributed by atoms with Crippen LogP contribution in [0.3, 0.4) is 0 Å². The Morgan fingerprint density at radius 2 is 2.32 bits per heavy atom. The summed E-state index contributed by atoms with van der Waals surface area (Å²) in [5, 5.41) is 9.17. The van der Waals surface area contributed by atoms with Crippen molar-refractivity contribution in [2.24, 2.45) is 5.90 Å². The second kappa shape index (κ2) is 6.23. The van der Waals surface area contributed by atoms with Gasteiger partial charge in [0.15, 0.2) is 0 Å². The van der Waals surface area contributed by atoms with Crippen LogP contribution >= 0.6 is 27.7 Å². The molecule has 0 spiro atoms. The van der Waals surface area contributed by atoms with E-state index >= 15 is 0 Å². The molecular formula is C13H14BrFN2OS. The quantitative estimate of drug-likeness (QED) is 0.827. The summed E-state index contributed by atoms with van der Waals surface area (Å²) in [6, 6.07) is 7.00. The van der Waals surface area contributed by atoms with Crippen molar-refractivity contribution in [1.82, 2.24) is 0 Å². The van der Waals surface area contributed by atoms with E-state index in [1.54, 1.807) is 12.1 Å². The predicted octanol–water partition coefficient (Wildman–Crippen LogP) is 3.70. The van der Waals surface area contributed by atoms with Crippen LogP contribution in [0.1, 0.15) is 30.9 Å². The van der Waals surface area contributed by atoms with Gasteiger partial charge in [0.1, 0.15) is 16.7 Å². The molecule has 102 valence electrons. The van der Waals surface area contributed by atoms with Crippen molar-refractivity contribution >= 4 is 27.7 Å². The van der Waals surface area contributed by atoms with Crippen LogP contribution in [0.4, 0.5) is 4.39 Å². The zero-order valence-electron chi connectivity index (χ0n) is 10.2. The van der Waals surface area contributed by atoms with Crippen LogP contribution < -0.4 is 5.90 Å². The van der Waals surface area contributed by atoms with Crippen molar-refractivity contribution in [3.63, 3.8) is 0 Å². The molecule has 1 fully saturated rings. The molecule has 1 aromatic carbocycles. The first-order valence-corrected chi connectivity index (χ1v) is 7.74. The van der Waals surface area contributed by atoms with Crippen LogP contribution in [-0.4, -0.2) is 10.5 Å². The number of nitrogens with zero attached hydrogens (tertiary/aromatic N) is 1. The van der Waals surface area contributed by atoms with E-state index in [2.05, 4.69) is 22.0 Å². The molecule has 3 nitrogen and oxygen atoms in total. The lowest BCUT2D eigenvalue weighted by Gasteiger charge is -2.35. The summed E-state index contributed by atoms with van der Waals surface area (Å²) < 4.78 is 14.2. The van der Waals surface area contributed by atoms with Crippen LogP contribution in [0, 0.1) is 17.1 Å². The lowest BCUT2D eigenvalue weighted by atomic mass is 9.86. The molecule has 0 radical (unpaired) electrons. The fourth-order valence-electron chi connectivity index (χ4n) is 1.99. The summed E-state index contributed by atoms with van der Waals surface area (Å²) >= 11 is 4.81. The number of nitrogens with two attached hydrogens (primary N) is 1. The Kier molecular flexibility index (Phi) is 4.85. The van der Waals surface area contributed by atoms with Crippen LogP contribution in [0.2, 0.25) is 0 Å². The molecular weight excluding hydrogens is 331 g/mol. The van der Waals surface area contributed by atoms with Gasteiger partial charge >= 0.3 is 0 Å². The molecule has 2 rings (SSSR count). The standard InChI is InChI=1S/C13H14BrFN2OS/c14-9-2-3-11(15)10(6-9)12(18-17)7-19-13(8-16)4-1-5-13/h2-3,6,12H,1,4-5,7,17H2. The summed E-state index contributed by atoms with van der Waals surface area (Å²) in [6.07, 6.45) is 2.28. The Labute approximate surface area is 124 Å². The van der Waals surface area contributed by atoms with Gasteiger partial charge in [-0.05, 0) is 37.5 Å². The Hall–Kier alpha value is -0.610. The second-order valence-corrected chi connectivity index (χ2v) is 6.88. The molecule has 1 atom stereocenters. The molecule has 0 saturated heterocycles. The zero-order chi connectivity index (χ0) is 13.9. The van der Waals surface area contributed by atoms with E-state index in [9.17, 15) is 4.39 Å². The van der Waals surface area contributed by atoms with Crippen molar-refractivity contribution in [2.75, 3.05) is 5.75 Å². The Bertz CT molecular complexity index is 502. The molecule has 0 heterocycles. The van der Waals surface area contributed by atoms with Crippen LogP contribution in [0.5, 0.6) is 0 Å². The van der Waals surface area contributed by atoms with E-state index in [1.165, 1.54) is 17.8 Å². The summed E-state index contributed by atoms with van der Waals surface area (Å²) in [4.78, 5) is 4.89. The van der Waals surface area contributed by atoms with Crippen molar-refractivity contribution in [3.8, 4) is 6.07 Å². The second-order valence-electron chi connectivity index (χ2n) is 4.56. The highest BCUT2D eigenvalue weighted by Gasteiger charge is 2.38. The highest BCUT2D eigenvalue weighted by Crippen LogP contribution is 2.45. The topological polar surface area (TPSA) is 59.0 Å². The third-order valence-corrected chi connectivity index (χ3v) is 5.36. The SMILES string of the molecule is N#CC1(SCC(ON)c2cc(Br)ccc2F)CCC1. The Morgan fingerprint density at radius 3 is 2.84 bits per heavy atom. The average Bonchev–Trinajstić information content (AvgIpc) is 2.36. The Morgan fingerprint density at radius 1 is 1.58 bits per heavy atom. The van der Waals surface area contributed by atoms with Crippen LogP contribution in [-0.2, 0) is 4.84 Å². The maximum absolute atomic E-state index is 13.8. The number of benzene rings is 1. The van der Waals surface area contributed by atoms with Gasteiger partial charge in [-0.1, -0.05) is 15.9 Å². The van der Waals surface area contributed by atoms with Gasteiger partial charge in [0.25, 0.3) is 0 Å². The number of nitriles is 1. The van der Waals surface area contributed by atoms with Gasteiger partial charge in [0, 0.05) is 15.8 Å². The molecule has 2 N–H and O–H groups in total. The van der Waals surface area contributed by atoms with Crippen molar-refractivity contribution in [3.05, 3.63) is 34.1 Å². The van der Waals surface area contributed by atoms with Gasteiger partial charge in [0.05, 0.1) is 6.07 Å². The highest BCUT2D eigenvalue weighted by molar-refractivity contribution is 9.10. The average molecular weight is 345 g/mol. The predicted molar refractivity (Wildman–Crippen MR) is 76.8 cm³/mol. The number of rotatable bonds is 5. The van der Waals surface area contributed by atoms with E-state index in [0.717, 1.165) is 23.7 Å². The molecule has 19 heavy (non-hydrogen) atoms. The molecule has 1 unspecified atom stereocenters. The molecule has 1 aliphatic carbocycles. The first kappa shape index (κ1) is 14.8. The molecule has 1 aliphatic rings. The lowest BCUT2D eigenvalue weighted by Crippen LogP contribution is -2.32. The molecule has 0 aromatic heterocycles. The van der Waals surface area contributed by atoms with Gasteiger partial charge in [0.2, 0.25) is 0 Å². The first-order chi connectivity index (χ1) is 9.10. The summed E-state index contributed by atoms with van der Waals surface area (Å²) in [5.41, 5.74) is 0.414. The summed E-state index contributed by atoms with van der Waals surface area (Å²) in [5.74, 6) is 5.40. The molecule has 1 saturated carbocycles. The monoisotopic (exact) mass is 344 g/mol. The van der Waals surface area contributed by atoms with Crippen molar-refractivity contribution in [2.45, 2.75) is 30.1 Å².